The quantitative estimate of drug-likeness (QED) is 0.751. The minimum atomic E-state index is -0.249. The van der Waals surface area contributed by atoms with Crippen molar-refractivity contribution < 1.29 is 9.50 Å². The largest absolute Gasteiger partial charge is 0.508 e. The molecule has 0 radical (unpaired) electrons. The summed E-state index contributed by atoms with van der Waals surface area (Å²) < 4.78 is 12.9. The van der Waals surface area contributed by atoms with E-state index in [2.05, 4.69) is 4.98 Å². The van der Waals surface area contributed by atoms with Crippen LogP contribution in [0.3, 0.4) is 0 Å². The standard InChI is InChI=1S/C17H12FNOS/c18-14-6-4-13(5-7-14)16-11-21-17(19-16)10-3-12-1-8-15(20)9-2-12/h1-11,20H/b10-3+. The Hall–Kier alpha value is -2.46. The van der Waals surface area contributed by atoms with Crippen molar-refractivity contribution in [3.8, 4) is 17.0 Å². The molecular formula is C17H12FNOS. The Morgan fingerprint density at radius 2 is 1.67 bits per heavy atom. The van der Waals surface area contributed by atoms with Gasteiger partial charge in [-0.3, -0.25) is 0 Å². The predicted octanol–water partition coefficient (Wildman–Crippen LogP) is 4.83. The molecule has 0 saturated carbocycles. The Bertz CT molecular complexity index is 760. The molecule has 0 aliphatic heterocycles. The van der Waals surface area contributed by atoms with E-state index in [9.17, 15) is 9.50 Å². The number of aromatic hydroxyl groups is 1. The van der Waals surface area contributed by atoms with E-state index in [4.69, 9.17) is 0 Å². The lowest BCUT2D eigenvalue weighted by atomic mass is 10.2. The molecule has 0 aliphatic rings. The molecule has 0 bridgehead atoms. The zero-order valence-corrected chi connectivity index (χ0v) is 11.8. The first kappa shape index (κ1) is 13.5. The van der Waals surface area contributed by atoms with Crippen LogP contribution >= 0.6 is 11.3 Å². The lowest BCUT2D eigenvalue weighted by Crippen LogP contribution is -1.79. The number of rotatable bonds is 3. The zero-order valence-electron chi connectivity index (χ0n) is 11.0. The second kappa shape index (κ2) is 5.89. The molecule has 0 amide bonds. The number of hydrogen-bond acceptors (Lipinski definition) is 3. The third-order valence-corrected chi connectivity index (χ3v) is 3.78. The number of nitrogens with zero attached hydrogens (tertiary/aromatic N) is 1. The molecule has 0 unspecified atom stereocenters. The van der Waals surface area contributed by atoms with Gasteiger partial charge in [-0.1, -0.05) is 18.2 Å². The minimum absolute atomic E-state index is 0.249. The third kappa shape index (κ3) is 3.35. The van der Waals surface area contributed by atoms with Gasteiger partial charge in [0.15, 0.2) is 0 Å². The molecule has 2 nitrogen and oxygen atoms in total. The first-order chi connectivity index (χ1) is 10.2. The summed E-state index contributed by atoms with van der Waals surface area (Å²) in [6, 6.07) is 13.3. The Kier molecular flexibility index (Phi) is 3.79. The highest BCUT2D eigenvalue weighted by molar-refractivity contribution is 7.10. The van der Waals surface area contributed by atoms with Crippen molar-refractivity contribution in [3.05, 3.63) is 70.3 Å². The smallest absolute Gasteiger partial charge is 0.123 e. The van der Waals surface area contributed by atoms with Crippen LogP contribution in [0.2, 0.25) is 0 Å². The lowest BCUT2D eigenvalue weighted by Gasteiger charge is -1.95. The Morgan fingerprint density at radius 1 is 0.952 bits per heavy atom. The molecule has 1 N–H and O–H groups in total. The summed E-state index contributed by atoms with van der Waals surface area (Å²) in [5, 5.41) is 12.1. The van der Waals surface area contributed by atoms with Crippen LogP contribution in [0.25, 0.3) is 23.4 Å². The van der Waals surface area contributed by atoms with Gasteiger partial charge in [0.05, 0.1) is 5.69 Å². The van der Waals surface area contributed by atoms with E-state index in [1.54, 1.807) is 24.3 Å². The molecule has 0 spiro atoms. The van der Waals surface area contributed by atoms with Crippen molar-refractivity contribution in [2.24, 2.45) is 0 Å². The first-order valence-electron chi connectivity index (χ1n) is 6.39. The third-order valence-electron chi connectivity index (χ3n) is 2.97. The first-order valence-corrected chi connectivity index (χ1v) is 7.27. The van der Waals surface area contributed by atoms with E-state index in [1.807, 2.05) is 29.7 Å². The fourth-order valence-electron chi connectivity index (χ4n) is 1.87. The van der Waals surface area contributed by atoms with E-state index in [0.717, 1.165) is 21.8 Å². The molecule has 0 atom stereocenters. The Morgan fingerprint density at radius 3 is 2.38 bits per heavy atom. The minimum Gasteiger partial charge on any atom is -0.508 e. The van der Waals surface area contributed by atoms with Crippen molar-refractivity contribution in [2.45, 2.75) is 0 Å². The predicted molar refractivity (Wildman–Crippen MR) is 84.5 cm³/mol. The molecule has 3 rings (SSSR count). The second-order valence-electron chi connectivity index (χ2n) is 4.50. The summed E-state index contributed by atoms with van der Waals surface area (Å²) in [5.74, 6) is 0.00132. The number of aromatic nitrogens is 1. The molecular weight excluding hydrogens is 285 g/mol. The molecule has 2 aromatic carbocycles. The van der Waals surface area contributed by atoms with Crippen LogP contribution in [0.5, 0.6) is 5.75 Å². The van der Waals surface area contributed by atoms with Crippen molar-refractivity contribution in [3.63, 3.8) is 0 Å². The van der Waals surface area contributed by atoms with Gasteiger partial charge in [0.1, 0.15) is 16.6 Å². The summed E-state index contributed by atoms with van der Waals surface area (Å²) in [6.45, 7) is 0. The maximum Gasteiger partial charge on any atom is 0.123 e. The molecule has 21 heavy (non-hydrogen) atoms. The van der Waals surface area contributed by atoms with Crippen LogP contribution in [-0.4, -0.2) is 10.1 Å². The van der Waals surface area contributed by atoms with E-state index < -0.39 is 0 Å². The molecule has 104 valence electrons. The van der Waals surface area contributed by atoms with Crippen molar-refractivity contribution >= 4 is 23.5 Å². The number of benzene rings is 2. The van der Waals surface area contributed by atoms with Crippen LogP contribution in [0.4, 0.5) is 4.39 Å². The van der Waals surface area contributed by atoms with Gasteiger partial charge in [0.2, 0.25) is 0 Å². The van der Waals surface area contributed by atoms with Gasteiger partial charge in [0.25, 0.3) is 0 Å². The van der Waals surface area contributed by atoms with Crippen LogP contribution in [-0.2, 0) is 0 Å². The maximum absolute atomic E-state index is 12.9. The molecule has 4 heteroatoms. The van der Waals surface area contributed by atoms with Crippen LogP contribution in [0.1, 0.15) is 10.6 Å². The highest BCUT2D eigenvalue weighted by atomic mass is 32.1. The van der Waals surface area contributed by atoms with Gasteiger partial charge in [-0.15, -0.1) is 11.3 Å². The summed E-state index contributed by atoms with van der Waals surface area (Å²) in [5.41, 5.74) is 2.73. The Labute approximate surface area is 125 Å². The lowest BCUT2D eigenvalue weighted by molar-refractivity contribution is 0.475. The van der Waals surface area contributed by atoms with E-state index >= 15 is 0 Å². The second-order valence-corrected chi connectivity index (χ2v) is 5.39. The summed E-state index contributed by atoms with van der Waals surface area (Å²) >= 11 is 1.53. The fraction of sp³-hybridized carbons (Fsp3) is 0. The number of hydrogen-bond donors (Lipinski definition) is 1. The number of phenolic OH excluding ortho intramolecular Hbond substituents is 1. The number of phenols is 1. The molecule has 1 aromatic heterocycles. The number of thiazole rings is 1. The summed E-state index contributed by atoms with van der Waals surface area (Å²) in [4.78, 5) is 4.50. The van der Waals surface area contributed by atoms with E-state index in [1.165, 1.54) is 23.5 Å². The topological polar surface area (TPSA) is 33.1 Å². The highest BCUT2D eigenvalue weighted by Gasteiger charge is 2.02. The number of halogens is 1. The summed E-state index contributed by atoms with van der Waals surface area (Å²) in [6.07, 6.45) is 3.86. The normalized spacial score (nSPS) is 11.1. The highest BCUT2D eigenvalue weighted by Crippen LogP contribution is 2.23. The van der Waals surface area contributed by atoms with Crippen LogP contribution in [0.15, 0.2) is 53.9 Å². The van der Waals surface area contributed by atoms with E-state index in [-0.39, 0.29) is 11.6 Å². The molecule has 1 heterocycles. The molecule has 0 aliphatic carbocycles. The van der Waals surface area contributed by atoms with Crippen LogP contribution in [0, 0.1) is 5.82 Å². The van der Waals surface area contributed by atoms with Gasteiger partial charge in [-0.25, -0.2) is 9.37 Å². The summed E-state index contributed by atoms with van der Waals surface area (Å²) in [7, 11) is 0. The van der Waals surface area contributed by atoms with Crippen molar-refractivity contribution in [1.82, 2.24) is 4.98 Å². The maximum atomic E-state index is 12.9. The van der Waals surface area contributed by atoms with Crippen molar-refractivity contribution in [2.75, 3.05) is 0 Å². The molecule has 3 aromatic rings. The zero-order chi connectivity index (χ0) is 14.7. The van der Waals surface area contributed by atoms with Crippen molar-refractivity contribution in [1.29, 1.82) is 0 Å². The van der Waals surface area contributed by atoms with E-state index in [0.29, 0.717) is 0 Å². The average Bonchev–Trinajstić information content (AvgIpc) is 2.96. The van der Waals surface area contributed by atoms with Gasteiger partial charge < -0.3 is 5.11 Å². The van der Waals surface area contributed by atoms with Gasteiger partial charge in [-0.2, -0.15) is 0 Å². The monoisotopic (exact) mass is 297 g/mol. The Balaban J connectivity index is 1.78. The molecule has 0 fully saturated rings. The van der Waals surface area contributed by atoms with Gasteiger partial charge in [0, 0.05) is 10.9 Å². The van der Waals surface area contributed by atoms with Gasteiger partial charge >= 0.3 is 0 Å². The average molecular weight is 297 g/mol. The SMILES string of the molecule is Oc1ccc(/C=C/c2nc(-c3ccc(F)cc3)cs2)cc1. The van der Waals surface area contributed by atoms with Gasteiger partial charge in [-0.05, 0) is 48.0 Å². The fourth-order valence-corrected chi connectivity index (χ4v) is 2.59. The molecule has 0 saturated heterocycles. The van der Waals surface area contributed by atoms with Crippen LogP contribution < -0.4 is 0 Å².